The summed E-state index contributed by atoms with van der Waals surface area (Å²) in [4.78, 5) is 26.7. The van der Waals surface area contributed by atoms with Gasteiger partial charge < -0.3 is 0 Å². The van der Waals surface area contributed by atoms with Gasteiger partial charge in [0.1, 0.15) is 11.0 Å². The lowest BCUT2D eigenvalue weighted by Crippen LogP contribution is -2.38. The van der Waals surface area contributed by atoms with E-state index in [1.54, 1.807) is 13.8 Å². The number of aromatic amines is 1. The predicted molar refractivity (Wildman–Crippen MR) is 80.9 cm³/mol. The zero-order chi connectivity index (χ0) is 15.7. The summed E-state index contributed by atoms with van der Waals surface area (Å²) in [5.41, 5.74) is -0.190. The molecule has 0 bridgehead atoms. The first-order chi connectivity index (χ1) is 9.81. The van der Waals surface area contributed by atoms with Crippen LogP contribution in [0, 0.1) is 5.82 Å². The molecular weight excluding hydrogens is 318 g/mol. The molecule has 0 aliphatic heterocycles. The van der Waals surface area contributed by atoms with E-state index >= 15 is 0 Å². The molecule has 1 heterocycles. The van der Waals surface area contributed by atoms with Crippen molar-refractivity contribution in [3.63, 3.8) is 0 Å². The van der Waals surface area contributed by atoms with E-state index < -0.39 is 17.1 Å². The zero-order valence-electron chi connectivity index (χ0n) is 11.4. The first kappa shape index (κ1) is 15.8. The number of hydrogen-bond acceptors (Lipinski definition) is 2. The van der Waals surface area contributed by atoms with Gasteiger partial charge in [-0.15, -0.1) is 0 Å². The van der Waals surface area contributed by atoms with E-state index in [2.05, 4.69) is 4.98 Å². The summed E-state index contributed by atoms with van der Waals surface area (Å²) in [5.74, 6) is -0.689. The van der Waals surface area contributed by atoms with Gasteiger partial charge in [-0.2, -0.15) is 0 Å². The lowest BCUT2D eigenvalue weighted by Gasteiger charge is -2.11. The topological polar surface area (TPSA) is 54.9 Å². The smallest absolute Gasteiger partial charge is 0.297 e. The number of H-pyrrole nitrogens is 1. The number of nitrogens with one attached hydrogen (secondary N) is 1. The van der Waals surface area contributed by atoms with E-state index in [0.717, 1.165) is 4.57 Å². The highest BCUT2D eigenvalue weighted by Crippen LogP contribution is 2.18. The monoisotopic (exact) mass is 330 g/mol. The first-order valence-electron chi connectivity index (χ1n) is 6.27. The number of benzene rings is 1. The summed E-state index contributed by atoms with van der Waals surface area (Å²) in [6.45, 7) is 3.60. The van der Waals surface area contributed by atoms with Gasteiger partial charge in [0.2, 0.25) is 0 Å². The van der Waals surface area contributed by atoms with E-state index in [1.807, 2.05) is 0 Å². The minimum atomic E-state index is -0.616. The van der Waals surface area contributed by atoms with E-state index in [1.165, 1.54) is 18.2 Å². The van der Waals surface area contributed by atoms with Crippen molar-refractivity contribution >= 4 is 23.2 Å². The van der Waals surface area contributed by atoms with Crippen LogP contribution in [0.5, 0.6) is 0 Å². The van der Waals surface area contributed by atoms with Gasteiger partial charge in [0.15, 0.2) is 0 Å². The fourth-order valence-corrected chi connectivity index (χ4v) is 2.61. The Morgan fingerprint density at radius 3 is 2.52 bits per heavy atom. The molecule has 0 aliphatic rings. The molecule has 0 spiro atoms. The molecule has 2 aromatic rings. The molecule has 7 heteroatoms. The van der Waals surface area contributed by atoms with Crippen LogP contribution in [0.4, 0.5) is 4.39 Å². The van der Waals surface area contributed by atoms with Crippen molar-refractivity contribution in [1.82, 2.24) is 9.55 Å². The minimum Gasteiger partial charge on any atom is -0.297 e. The van der Waals surface area contributed by atoms with Crippen molar-refractivity contribution in [1.29, 1.82) is 0 Å². The van der Waals surface area contributed by atoms with Crippen LogP contribution >= 0.6 is 23.2 Å². The van der Waals surface area contributed by atoms with Crippen LogP contribution in [0.1, 0.15) is 30.9 Å². The van der Waals surface area contributed by atoms with Crippen LogP contribution in [0.2, 0.25) is 10.2 Å². The highest BCUT2D eigenvalue weighted by Gasteiger charge is 2.16. The maximum absolute atomic E-state index is 13.1. The molecule has 0 aliphatic carbocycles. The summed E-state index contributed by atoms with van der Waals surface area (Å²) >= 11 is 11.6. The third-order valence-corrected chi connectivity index (χ3v) is 3.66. The maximum Gasteiger partial charge on any atom is 0.329 e. The second-order valence-corrected chi connectivity index (χ2v) is 5.74. The third kappa shape index (κ3) is 3.19. The van der Waals surface area contributed by atoms with Crippen molar-refractivity contribution in [3.05, 3.63) is 66.2 Å². The van der Waals surface area contributed by atoms with Crippen molar-refractivity contribution < 1.29 is 4.39 Å². The van der Waals surface area contributed by atoms with Gasteiger partial charge in [0, 0.05) is 0 Å². The zero-order valence-corrected chi connectivity index (χ0v) is 12.9. The minimum absolute atomic E-state index is 0.00887. The lowest BCUT2D eigenvalue weighted by molar-refractivity contribution is 0.624. The Morgan fingerprint density at radius 2 is 1.95 bits per heavy atom. The molecule has 21 heavy (non-hydrogen) atoms. The molecule has 0 fully saturated rings. The number of rotatable bonds is 3. The Kier molecular flexibility index (Phi) is 4.54. The Hall–Kier alpha value is -1.59. The molecule has 4 nitrogen and oxygen atoms in total. The van der Waals surface area contributed by atoms with Crippen LogP contribution in [0.3, 0.4) is 0 Å². The Labute approximate surface area is 130 Å². The second-order valence-electron chi connectivity index (χ2n) is 4.95. The summed E-state index contributed by atoms with van der Waals surface area (Å²) in [5, 5.41) is -0.0107. The van der Waals surface area contributed by atoms with Gasteiger partial charge in [0.05, 0.1) is 17.1 Å². The average molecular weight is 331 g/mol. The van der Waals surface area contributed by atoms with Crippen molar-refractivity contribution in [2.45, 2.75) is 26.3 Å². The van der Waals surface area contributed by atoms with Crippen molar-refractivity contribution in [2.75, 3.05) is 0 Å². The molecule has 0 unspecified atom stereocenters. The summed E-state index contributed by atoms with van der Waals surface area (Å²) in [7, 11) is 0. The molecule has 112 valence electrons. The molecule has 0 radical (unpaired) electrons. The molecule has 0 saturated carbocycles. The number of halogens is 3. The molecule has 0 saturated heterocycles. The van der Waals surface area contributed by atoms with E-state index in [4.69, 9.17) is 23.2 Å². The van der Waals surface area contributed by atoms with Crippen LogP contribution in [-0.2, 0) is 6.54 Å². The maximum atomic E-state index is 13.1. The van der Waals surface area contributed by atoms with Gasteiger partial charge in [-0.3, -0.25) is 14.3 Å². The number of aromatic nitrogens is 2. The van der Waals surface area contributed by atoms with Gasteiger partial charge in [0.25, 0.3) is 5.56 Å². The first-order valence-corrected chi connectivity index (χ1v) is 7.03. The molecule has 0 amide bonds. The largest absolute Gasteiger partial charge is 0.329 e. The van der Waals surface area contributed by atoms with Gasteiger partial charge >= 0.3 is 5.69 Å². The third-order valence-electron chi connectivity index (χ3n) is 3.08. The Balaban J connectivity index is 2.54. The summed E-state index contributed by atoms with van der Waals surface area (Å²) in [6, 6.07) is 4.04. The Morgan fingerprint density at radius 1 is 1.29 bits per heavy atom. The Bertz CT molecular complexity index is 797. The molecule has 1 aromatic carbocycles. The quantitative estimate of drug-likeness (QED) is 0.879. The van der Waals surface area contributed by atoms with Crippen LogP contribution in [0.25, 0.3) is 0 Å². The predicted octanol–water partition coefficient (Wildman–Crippen LogP) is 3.15. The van der Waals surface area contributed by atoms with E-state index in [0.29, 0.717) is 11.1 Å². The second kappa shape index (κ2) is 6.03. The molecular formula is C14H13Cl2FN2O2. The standard InChI is InChI=1S/C14H13Cl2FN2O2/c1-7(2)11-12(16)18-14(21)19(13(11)20)6-8-3-4-10(17)9(15)5-8/h3-5,7H,6H2,1-2H3,(H,18,21). The highest BCUT2D eigenvalue weighted by molar-refractivity contribution is 6.30. The molecule has 1 N–H and O–H groups in total. The highest BCUT2D eigenvalue weighted by atomic mass is 35.5. The van der Waals surface area contributed by atoms with Crippen molar-refractivity contribution in [3.8, 4) is 0 Å². The fourth-order valence-electron chi connectivity index (χ4n) is 2.02. The summed E-state index contributed by atoms with van der Waals surface area (Å²) in [6.07, 6.45) is 0. The fraction of sp³-hybridized carbons (Fsp3) is 0.286. The number of nitrogens with zero attached hydrogens (tertiary/aromatic N) is 1. The van der Waals surface area contributed by atoms with Crippen LogP contribution < -0.4 is 11.2 Å². The number of hydrogen-bond donors (Lipinski definition) is 1. The van der Waals surface area contributed by atoms with Gasteiger partial charge in [-0.25, -0.2) is 9.18 Å². The van der Waals surface area contributed by atoms with Crippen molar-refractivity contribution in [2.24, 2.45) is 0 Å². The molecule has 1 aromatic heterocycles. The molecule has 0 atom stereocenters. The average Bonchev–Trinajstić information content (AvgIpc) is 2.38. The normalized spacial score (nSPS) is 11.1. The summed E-state index contributed by atoms with van der Waals surface area (Å²) < 4.78 is 14.2. The van der Waals surface area contributed by atoms with E-state index in [-0.39, 0.29) is 22.6 Å². The van der Waals surface area contributed by atoms with Gasteiger partial charge in [-0.05, 0) is 23.6 Å². The van der Waals surface area contributed by atoms with Crippen LogP contribution in [-0.4, -0.2) is 9.55 Å². The SMILES string of the molecule is CC(C)c1c(Cl)[nH]c(=O)n(Cc2ccc(F)c(Cl)c2)c1=O. The molecule has 2 rings (SSSR count). The van der Waals surface area contributed by atoms with E-state index in [9.17, 15) is 14.0 Å². The van der Waals surface area contributed by atoms with Gasteiger partial charge in [-0.1, -0.05) is 43.1 Å². The van der Waals surface area contributed by atoms with Crippen LogP contribution in [0.15, 0.2) is 27.8 Å². The lowest BCUT2D eigenvalue weighted by atomic mass is 10.1.